The van der Waals surface area contributed by atoms with E-state index in [1.807, 2.05) is 18.2 Å². The topological polar surface area (TPSA) is 56.8 Å². The summed E-state index contributed by atoms with van der Waals surface area (Å²) in [6, 6.07) is 12.5. The molecule has 0 atom stereocenters. The van der Waals surface area contributed by atoms with Crippen LogP contribution in [0.2, 0.25) is 5.02 Å². The van der Waals surface area contributed by atoms with Crippen LogP contribution in [0.1, 0.15) is 5.56 Å². The van der Waals surface area contributed by atoms with Crippen molar-refractivity contribution >= 4 is 17.5 Å². The molecule has 6 heteroatoms. The second-order valence-electron chi connectivity index (χ2n) is 5.00. The summed E-state index contributed by atoms with van der Waals surface area (Å²) < 4.78 is 16.4. The van der Waals surface area contributed by atoms with Crippen molar-refractivity contribution in [3.63, 3.8) is 0 Å². The van der Waals surface area contributed by atoms with E-state index in [4.69, 9.17) is 25.8 Å². The summed E-state index contributed by atoms with van der Waals surface area (Å²) in [6.07, 6.45) is 0. The maximum absolute atomic E-state index is 11.8. The van der Waals surface area contributed by atoms with Crippen molar-refractivity contribution in [3.05, 3.63) is 53.1 Å². The molecule has 0 aliphatic carbocycles. The van der Waals surface area contributed by atoms with Gasteiger partial charge in [-0.1, -0.05) is 23.7 Å². The van der Waals surface area contributed by atoms with Crippen LogP contribution in [0.3, 0.4) is 0 Å². The van der Waals surface area contributed by atoms with Crippen LogP contribution in [0.5, 0.6) is 17.2 Å². The summed E-state index contributed by atoms with van der Waals surface area (Å²) in [5, 5.41) is 3.37. The Kier molecular flexibility index (Phi) is 4.88. The van der Waals surface area contributed by atoms with Crippen LogP contribution in [0.15, 0.2) is 42.5 Å². The Balaban J connectivity index is 1.49. The molecule has 5 nitrogen and oxygen atoms in total. The predicted octanol–water partition coefficient (Wildman–Crippen LogP) is 2.81. The zero-order valence-electron chi connectivity index (χ0n) is 12.4. The largest absolute Gasteiger partial charge is 0.486 e. The molecular weight excluding hydrogens is 318 g/mol. The summed E-state index contributed by atoms with van der Waals surface area (Å²) in [7, 11) is 0. The van der Waals surface area contributed by atoms with E-state index in [1.54, 1.807) is 24.3 Å². The van der Waals surface area contributed by atoms with Gasteiger partial charge in [-0.05, 0) is 35.9 Å². The molecule has 0 aromatic heterocycles. The summed E-state index contributed by atoms with van der Waals surface area (Å²) >= 11 is 5.86. The van der Waals surface area contributed by atoms with Crippen LogP contribution in [0.25, 0.3) is 0 Å². The second kappa shape index (κ2) is 7.24. The number of halogens is 1. The number of rotatable bonds is 5. The summed E-state index contributed by atoms with van der Waals surface area (Å²) in [5.41, 5.74) is 0.936. The molecule has 1 amide bonds. The normalized spacial score (nSPS) is 12.6. The molecule has 0 fully saturated rings. The van der Waals surface area contributed by atoms with Gasteiger partial charge in [-0.3, -0.25) is 4.79 Å². The molecule has 0 bridgehead atoms. The molecule has 120 valence electrons. The van der Waals surface area contributed by atoms with E-state index < -0.39 is 0 Å². The number of amides is 1. The Labute approximate surface area is 139 Å². The molecule has 3 rings (SSSR count). The average molecular weight is 334 g/mol. The fourth-order valence-electron chi connectivity index (χ4n) is 2.16. The van der Waals surface area contributed by atoms with Gasteiger partial charge in [-0.25, -0.2) is 0 Å². The van der Waals surface area contributed by atoms with Crippen LogP contribution >= 0.6 is 11.6 Å². The predicted molar refractivity (Wildman–Crippen MR) is 86.2 cm³/mol. The van der Waals surface area contributed by atoms with Gasteiger partial charge in [0.05, 0.1) is 0 Å². The smallest absolute Gasteiger partial charge is 0.258 e. The lowest BCUT2D eigenvalue weighted by Crippen LogP contribution is -2.28. The first-order chi connectivity index (χ1) is 11.2. The second-order valence-corrected chi connectivity index (χ2v) is 5.44. The van der Waals surface area contributed by atoms with E-state index >= 15 is 0 Å². The Bertz CT molecular complexity index is 705. The highest BCUT2D eigenvalue weighted by atomic mass is 35.5. The number of benzene rings is 2. The van der Waals surface area contributed by atoms with Gasteiger partial charge in [-0.2, -0.15) is 0 Å². The molecule has 1 heterocycles. The first-order valence-electron chi connectivity index (χ1n) is 7.24. The molecule has 0 saturated carbocycles. The number of fused-ring (bicyclic) bond motifs is 1. The van der Waals surface area contributed by atoms with Crippen LogP contribution in [-0.2, 0) is 11.3 Å². The van der Waals surface area contributed by atoms with Crippen molar-refractivity contribution in [2.45, 2.75) is 6.54 Å². The molecule has 1 N–H and O–H groups in total. The lowest BCUT2D eigenvalue weighted by Gasteiger charge is -2.19. The Morgan fingerprint density at radius 1 is 1.13 bits per heavy atom. The summed E-state index contributed by atoms with van der Waals surface area (Å²) in [6.45, 7) is 1.43. The van der Waals surface area contributed by atoms with Gasteiger partial charge in [-0.15, -0.1) is 0 Å². The summed E-state index contributed by atoms with van der Waals surface area (Å²) in [5.74, 6) is 1.79. The SMILES string of the molecule is O=C(COc1cccc(Cl)c1)NCc1ccc2c(c1)OCCO2. The average Bonchev–Trinajstić information content (AvgIpc) is 2.58. The fourth-order valence-corrected chi connectivity index (χ4v) is 2.34. The minimum absolute atomic E-state index is 0.0646. The highest BCUT2D eigenvalue weighted by Crippen LogP contribution is 2.30. The van der Waals surface area contributed by atoms with Gasteiger partial charge in [0.25, 0.3) is 5.91 Å². The van der Waals surface area contributed by atoms with Gasteiger partial charge in [0.1, 0.15) is 19.0 Å². The monoisotopic (exact) mass is 333 g/mol. The number of carbonyl (C=O) groups excluding carboxylic acids is 1. The zero-order valence-corrected chi connectivity index (χ0v) is 13.1. The van der Waals surface area contributed by atoms with Gasteiger partial charge < -0.3 is 19.5 Å². The molecule has 0 unspecified atom stereocenters. The third-order valence-corrected chi connectivity index (χ3v) is 3.50. The van der Waals surface area contributed by atoms with E-state index in [1.165, 1.54) is 0 Å². The van der Waals surface area contributed by atoms with Crippen LogP contribution in [0.4, 0.5) is 0 Å². The first kappa shape index (κ1) is 15.5. The minimum Gasteiger partial charge on any atom is -0.486 e. The molecule has 0 spiro atoms. The Hall–Kier alpha value is -2.40. The fraction of sp³-hybridized carbons (Fsp3) is 0.235. The minimum atomic E-state index is -0.208. The zero-order chi connectivity index (χ0) is 16.1. The molecule has 23 heavy (non-hydrogen) atoms. The van der Waals surface area contributed by atoms with Gasteiger partial charge in [0.2, 0.25) is 0 Å². The van der Waals surface area contributed by atoms with Crippen molar-refractivity contribution in [2.75, 3.05) is 19.8 Å². The highest BCUT2D eigenvalue weighted by molar-refractivity contribution is 6.30. The third kappa shape index (κ3) is 4.29. The first-order valence-corrected chi connectivity index (χ1v) is 7.62. The van der Waals surface area contributed by atoms with Crippen LogP contribution < -0.4 is 19.5 Å². The third-order valence-electron chi connectivity index (χ3n) is 3.26. The molecule has 1 aliphatic heterocycles. The molecular formula is C17H16ClNO4. The van der Waals surface area contributed by atoms with Crippen LogP contribution in [0, 0.1) is 0 Å². The van der Waals surface area contributed by atoms with E-state index in [2.05, 4.69) is 5.32 Å². The number of hydrogen-bond donors (Lipinski definition) is 1. The molecule has 2 aromatic carbocycles. The van der Waals surface area contributed by atoms with Crippen molar-refractivity contribution in [3.8, 4) is 17.2 Å². The quantitative estimate of drug-likeness (QED) is 0.914. The van der Waals surface area contributed by atoms with E-state index in [-0.39, 0.29) is 12.5 Å². The van der Waals surface area contributed by atoms with E-state index in [9.17, 15) is 4.79 Å². The number of hydrogen-bond acceptors (Lipinski definition) is 4. The molecule has 1 aliphatic rings. The molecule has 0 saturated heterocycles. The maximum Gasteiger partial charge on any atom is 0.258 e. The van der Waals surface area contributed by atoms with Crippen molar-refractivity contribution in [1.82, 2.24) is 5.32 Å². The number of ether oxygens (including phenoxy) is 3. The van der Waals surface area contributed by atoms with Crippen molar-refractivity contribution in [2.24, 2.45) is 0 Å². The lowest BCUT2D eigenvalue weighted by atomic mass is 10.2. The number of nitrogens with one attached hydrogen (secondary N) is 1. The van der Waals surface area contributed by atoms with Crippen LogP contribution in [-0.4, -0.2) is 25.7 Å². The lowest BCUT2D eigenvalue weighted by molar-refractivity contribution is -0.123. The van der Waals surface area contributed by atoms with Gasteiger partial charge in [0, 0.05) is 11.6 Å². The van der Waals surface area contributed by atoms with Crippen molar-refractivity contribution < 1.29 is 19.0 Å². The van der Waals surface area contributed by atoms with Gasteiger partial charge >= 0.3 is 0 Å². The molecule has 2 aromatic rings. The number of carbonyl (C=O) groups is 1. The summed E-state index contributed by atoms with van der Waals surface area (Å²) in [4.78, 5) is 11.8. The standard InChI is InChI=1S/C17H16ClNO4/c18-13-2-1-3-14(9-13)23-11-17(20)19-10-12-4-5-15-16(8-12)22-7-6-21-15/h1-5,8-9H,6-7,10-11H2,(H,19,20). The highest BCUT2D eigenvalue weighted by Gasteiger charge is 2.12. The van der Waals surface area contributed by atoms with Gasteiger partial charge in [0.15, 0.2) is 18.1 Å². The van der Waals surface area contributed by atoms with E-state index in [0.717, 1.165) is 11.3 Å². The van der Waals surface area contributed by atoms with E-state index in [0.29, 0.717) is 36.3 Å². The maximum atomic E-state index is 11.8. The Morgan fingerprint density at radius 2 is 1.96 bits per heavy atom. The van der Waals surface area contributed by atoms with Crippen molar-refractivity contribution in [1.29, 1.82) is 0 Å². The molecule has 0 radical (unpaired) electrons. The Morgan fingerprint density at radius 3 is 2.78 bits per heavy atom.